The summed E-state index contributed by atoms with van der Waals surface area (Å²) in [7, 11) is 0. The topological polar surface area (TPSA) is 55.1 Å². The quantitative estimate of drug-likeness (QED) is 0.812. The Labute approximate surface area is 109 Å². The van der Waals surface area contributed by atoms with Crippen LogP contribution < -0.4 is 11.1 Å². The molecule has 1 aliphatic carbocycles. The van der Waals surface area contributed by atoms with Crippen LogP contribution in [0.3, 0.4) is 0 Å². The molecule has 2 unspecified atom stereocenters. The van der Waals surface area contributed by atoms with Crippen molar-refractivity contribution in [2.75, 3.05) is 12.3 Å². The van der Waals surface area contributed by atoms with E-state index < -0.39 is 0 Å². The summed E-state index contributed by atoms with van der Waals surface area (Å²) in [5.41, 5.74) is 5.76. The summed E-state index contributed by atoms with van der Waals surface area (Å²) >= 11 is 1.70. The smallest absolute Gasteiger partial charge is 0.230 e. The monoisotopic (exact) mass is 258 g/mol. The molecule has 0 spiro atoms. The van der Waals surface area contributed by atoms with E-state index in [0.717, 1.165) is 12.8 Å². The summed E-state index contributed by atoms with van der Waals surface area (Å²) in [6, 6.07) is 0.307. The second kappa shape index (κ2) is 6.64. The van der Waals surface area contributed by atoms with Crippen molar-refractivity contribution < 1.29 is 4.79 Å². The van der Waals surface area contributed by atoms with Crippen molar-refractivity contribution in [3.63, 3.8) is 0 Å². The highest BCUT2D eigenvalue weighted by Crippen LogP contribution is 2.25. The predicted octanol–water partition coefficient (Wildman–Crippen LogP) is 2.15. The molecule has 1 fully saturated rings. The lowest BCUT2D eigenvalue weighted by atomic mass is 9.84. The van der Waals surface area contributed by atoms with Crippen LogP contribution in [0.2, 0.25) is 0 Å². The van der Waals surface area contributed by atoms with Crippen LogP contribution in [0.15, 0.2) is 0 Å². The van der Waals surface area contributed by atoms with E-state index in [9.17, 15) is 4.79 Å². The number of amides is 1. The molecule has 0 aromatic carbocycles. The second-order valence-corrected chi connectivity index (χ2v) is 7.66. The first-order chi connectivity index (χ1) is 7.92. The van der Waals surface area contributed by atoms with Crippen molar-refractivity contribution in [1.29, 1.82) is 0 Å². The highest BCUT2D eigenvalue weighted by molar-refractivity contribution is 8.01. The van der Waals surface area contributed by atoms with Gasteiger partial charge in [0.05, 0.1) is 5.75 Å². The standard InChI is InChI=1S/C13H26N2OS/c1-13(2,3)17-9-12(16)15-11-7-5-4-6-10(11)8-14/h10-11H,4-9,14H2,1-3H3,(H,15,16). The first kappa shape index (κ1) is 14.8. The Kier molecular flexibility index (Phi) is 5.80. The fourth-order valence-electron chi connectivity index (χ4n) is 2.21. The van der Waals surface area contributed by atoms with Crippen LogP contribution in [0.1, 0.15) is 46.5 Å². The predicted molar refractivity (Wildman–Crippen MR) is 75.2 cm³/mol. The number of nitrogens with two attached hydrogens (primary N) is 1. The summed E-state index contributed by atoms with van der Waals surface area (Å²) in [6.07, 6.45) is 4.72. The molecule has 0 aliphatic heterocycles. The highest BCUT2D eigenvalue weighted by Gasteiger charge is 2.25. The number of nitrogens with one attached hydrogen (secondary N) is 1. The van der Waals surface area contributed by atoms with Crippen LogP contribution in [0.5, 0.6) is 0 Å². The molecular weight excluding hydrogens is 232 g/mol. The average Bonchev–Trinajstić information content (AvgIpc) is 2.26. The fraction of sp³-hybridized carbons (Fsp3) is 0.923. The zero-order chi connectivity index (χ0) is 12.9. The lowest BCUT2D eigenvalue weighted by molar-refractivity contribution is -0.119. The van der Waals surface area contributed by atoms with Crippen LogP contribution in [0.25, 0.3) is 0 Å². The molecule has 1 rings (SSSR count). The number of thioether (sulfide) groups is 1. The van der Waals surface area contributed by atoms with Gasteiger partial charge in [0.15, 0.2) is 0 Å². The van der Waals surface area contributed by atoms with Crippen molar-refractivity contribution in [3.8, 4) is 0 Å². The summed E-state index contributed by atoms with van der Waals surface area (Å²) < 4.78 is 0.150. The number of hydrogen-bond donors (Lipinski definition) is 2. The average molecular weight is 258 g/mol. The van der Waals surface area contributed by atoms with Gasteiger partial charge in [-0.15, -0.1) is 11.8 Å². The molecular formula is C13H26N2OS. The largest absolute Gasteiger partial charge is 0.352 e. The van der Waals surface area contributed by atoms with E-state index in [1.54, 1.807) is 11.8 Å². The molecule has 0 aromatic rings. The van der Waals surface area contributed by atoms with E-state index >= 15 is 0 Å². The fourth-order valence-corrected chi connectivity index (χ4v) is 2.86. The van der Waals surface area contributed by atoms with E-state index in [1.807, 2.05) is 0 Å². The van der Waals surface area contributed by atoms with E-state index in [4.69, 9.17) is 5.73 Å². The Morgan fingerprint density at radius 3 is 2.59 bits per heavy atom. The van der Waals surface area contributed by atoms with Crippen LogP contribution in [-0.4, -0.2) is 29.0 Å². The van der Waals surface area contributed by atoms with Crippen molar-refractivity contribution in [2.24, 2.45) is 11.7 Å². The zero-order valence-electron chi connectivity index (χ0n) is 11.3. The van der Waals surface area contributed by atoms with E-state index in [0.29, 0.717) is 24.3 Å². The Bertz CT molecular complexity index is 250. The maximum absolute atomic E-state index is 11.8. The normalized spacial score (nSPS) is 25.6. The third-order valence-corrected chi connectivity index (χ3v) is 4.47. The van der Waals surface area contributed by atoms with E-state index in [-0.39, 0.29) is 10.7 Å². The summed E-state index contributed by atoms with van der Waals surface area (Å²) in [4.78, 5) is 11.8. The Morgan fingerprint density at radius 1 is 1.35 bits per heavy atom. The molecule has 0 aromatic heterocycles. The molecule has 2 atom stereocenters. The molecule has 100 valence electrons. The van der Waals surface area contributed by atoms with Gasteiger partial charge in [-0.05, 0) is 25.3 Å². The first-order valence-corrected chi connectivity index (χ1v) is 7.54. The first-order valence-electron chi connectivity index (χ1n) is 6.56. The van der Waals surface area contributed by atoms with Gasteiger partial charge in [0, 0.05) is 10.8 Å². The number of hydrogen-bond acceptors (Lipinski definition) is 3. The Morgan fingerprint density at radius 2 is 2.00 bits per heavy atom. The lowest BCUT2D eigenvalue weighted by Crippen LogP contribution is -2.45. The van der Waals surface area contributed by atoms with Crippen LogP contribution in [0.4, 0.5) is 0 Å². The maximum atomic E-state index is 11.8. The van der Waals surface area contributed by atoms with Gasteiger partial charge in [-0.3, -0.25) is 4.79 Å². The lowest BCUT2D eigenvalue weighted by Gasteiger charge is -2.31. The van der Waals surface area contributed by atoms with Gasteiger partial charge in [-0.1, -0.05) is 33.6 Å². The van der Waals surface area contributed by atoms with Gasteiger partial charge < -0.3 is 11.1 Å². The number of carbonyl (C=O) groups is 1. The van der Waals surface area contributed by atoms with Crippen LogP contribution in [-0.2, 0) is 4.79 Å². The molecule has 3 nitrogen and oxygen atoms in total. The van der Waals surface area contributed by atoms with Crippen molar-refractivity contribution in [3.05, 3.63) is 0 Å². The molecule has 3 N–H and O–H groups in total. The maximum Gasteiger partial charge on any atom is 0.230 e. The second-order valence-electron chi connectivity index (χ2n) is 5.86. The summed E-state index contributed by atoms with van der Waals surface area (Å²) in [5, 5.41) is 3.15. The summed E-state index contributed by atoms with van der Waals surface area (Å²) in [5.74, 6) is 1.19. The molecule has 0 radical (unpaired) electrons. The minimum absolute atomic E-state index is 0.150. The third kappa shape index (κ3) is 5.77. The highest BCUT2D eigenvalue weighted by atomic mass is 32.2. The van der Waals surface area contributed by atoms with Crippen molar-refractivity contribution >= 4 is 17.7 Å². The number of carbonyl (C=O) groups excluding carboxylic acids is 1. The van der Waals surface area contributed by atoms with Gasteiger partial charge >= 0.3 is 0 Å². The molecule has 1 aliphatic rings. The van der Waals surface area contributed by atoms with Gasteiger partial charge in [0.2, 0.25) is 5.91 Å². The van der Waals surface area contributed by atoms with Crippen molar-refractivity contribution in [1.82, 2.24) is 5.32 Å². The van der Waals surface area contributed by atoms with Crippen LogP contribution in [0, 0.1) is 5.92 Å². The molecule has 1 amide bonds. The third-order valence-electron chi connectivity index (χ3n) is 3.19. The molecule has 0 bridgehead atoms. The van der Waals surface area contributed by atoms with Gasteiger partial charge in [0.25, 0.3) is 0 Å². The molecule has 4 heteroatoms. The van der Waals surface area contributed by atoms with Gasteiger partial charge in [-0.2, -0.15) is 0 Å². The van der Waals surface area contributed by atoms with Crippen LogP contribution >= 0.6 is 11.8 Å². The molecule has 0 heterocycles. The molecule has 1 saturated carbocycles. The Hall–Kier alpha value is -0.220. The van der Waals surface area contributed by atoms with E-state index in [2.05, 4.69) is 26.1 Å². The number of rotatable bonds is 4. The molecule has 0 saturated heterocycles. The summed E-state index contributed by atoms with van der Waals surface area (Å²) in [6.45, 7) is 7.09. The van der Waals surface area contributed by atoms with E-state index in [1.165, 1.54) is 12.8 Å². The minimum atomic E-state index is 0.150. The minimum Gasteiger partial charge on any atom is -0.352 e. The molecule has 17 heavy (non-hydrogen) atoms. The van der Waals surface area contributed by atoms with Gasteiger partial charge in [-0.25, -0.2) is 0 Å². The SMILES string of the molecule is CC(C)(C)SCC(=O)NC1CCCCC1CN. The zero-order valence-corrected chi connectivity index (χ0v) is 12.1. The van der Waals surface area contributed by atoms with Crippen molar-refractivity contribution in [2.45, 2.75) is 57.2 Å². The Balaban J connectivity index is 2.33. The van der Waals surface area contributed by atoms with Gasteiger partial charge in [0.1, 0.15) is 0 Å².